The van der Waals surface area contributed by atoms with Crippen molar-refractivity contribution in [3.05, 3.63) is 46.1 Å². The molecular weight excluding hydrogens is 370 g/mol. The van der Waals surface area contributed by atoms with Gasteiger partial charge in [-0.3, -0.25) is 14.5 Å². The number of halogens is 1. The number of urea groups is 1. The first-order chi connectivity index (χ1) is 12.8. The quantitative estimate of drug-likeness (QED) is 0.783. The lowest BCUT2D eigenvalue weighted by atomic mass is 9.96. The van der Waals surface area contributed by atoms with Crippen molar-refractivity contribution >= 4 is 29.4 Å². The predicted molar refractivity (Wildman–Crippen MR) is 97.3 cm³/mol. The van der Waals surface area contributed by atoms with Crippen LogP contribution in [-0.4, -0.2) is 66.3 Å². The number of hydrogen-bond acceptors (Lipinski definition) is 4. The number of rotatable bonds is 4. The Morgan fingerprint density at radius 1 is 1.41 bits per heavy atom. The van der Waals surface area contributed by atoms with Crippen molar-refractivity contribution in [2.45, 2.75) is 6.04 Å². The van der Waals surface area contributed by atoms with E-state index in [1.165, 1.54) is 21.7 Å². The minimum Gasteiger partial charge on any atom is -0.331 e. The smallest absolute Gasteiger partial charge is 0.322 e. The summed E-state index contributed by atoms with van der Waals surface area (Å²) in [6, 6.07) is 7.87. The molecule has 0 fully saturated rings. The zero-order valence-corrected chi connectivity index (χ0v) is 15.7. The molecule has 1 atom stereocenters. The van der Waals surface area contributed by atoms with E-state index in [4.69, 9.17) is 16.9 Å². The minimum absolute atomic E-state index is 0.0593. The predicted octanol–water partition coefficient (Wildman–Crippen LogP) is 1.11. The zero-order chi connectivity index (χ0) is 19.7. The molecule has 0 bridgehead atoms. The van der Waals surface area contributed by atoms with Crippen LogP contribution in [0.3, 0.4) is 0 Å². The Morgan fingerprint density at radius 2 is 2.11 bits per heavy atom. The standard InChI is InChI=1S/C18H18ClN5O3/c1-22(8-7-20)14(25)10-24-9-13-15(17(24)26)16(21-18(27)23(13)2)11-5-3-4-6-12(11)19/h3-6,16H,8-10H2,1-2H3,(H,21,27). The lowest BCUT2D eigenvalue weighted by Gasteiger charge is -2.31. The van der Waals surface area contributed by atoms with Gasteiger partial charge in [0.25, 0.3) is 5.91 Å². The molecule has 3 rings (SSSR count). The van der Waals surface area contributed by atoms with Crippen molar-refractivity contribution in [3.63, 3.8) is 0 Å². The van der Waals surface area contributed by atoms with E-state index in [1.807, 2.05) is 6.07 Å². The van der Waals surface area contributed by atoms with Gasteiger partial charge in [-0.25, -0.2) is 4.79 Å². The van der Waals surface area contributed by atoms with Crippen molar-refractivity contribution < 1.29 is 14.4 Å². The average Bonchev–Trinajstić information content (AvgIpc) is 2.96. The summed E-state index contributed by atoms with van der Waals surface area (Å²) in [5.41, 5.74) is 1.57. The van der Waals surface area contributed by atoms with Crippen LogP contribution in [0.25, 0.3) is 0 Å². The molecule has 4 amide bonds. The van der Waals surface area contributed by atoms with Gasteiger partial charge in [0.1, 0.15) is 13.1 Å². The first-order valence-corrected chi connectivity index (χ1v) is 8.64. The topological polar surface area (TPSA) is 96.7 Å². The minimum atomic E-state index is -0.679. The van der Waals surface area contributed by atoms with Gasteiger partial charge < -0.3 is 15.1 Å². The molecule has 0 radical (unpaired) electrons. The first kappa shape index (κ1) is 18.7. The maximum Gasteiger partial charge on any atom is 0.322 e. The van der Waals surface area contributed by atoms with E-state index in [9.17, 15) is 14.4 Å². The molecule has 8 nitrogen and oxygen atoms in total. The summed E-state index contributed by atoms with van der Waals surface area (Å²) in [6.07, 6.45) is 0. The third kappa shape index (κ3) is 3.34. The summed E-state index contributed by atoms with van der Waals surface area (Å²) in [7, 11) is 3.08. The van der Waals surface area contributed by atoms with Crippen LogP contribution in [0, 0.1) is 11.3 Å². The van der Waals surface area contributed by atoms with E-state index >= 15 is 0 Å². The van der Waals surface area contributed by atoms with Crippen molar-refractivity contribution in [3.8, 4) is 6.07 Å². The summed E-state index contributed by atoms with van der Waals surface area (Å²) in [5, 5.41) is 12.0. The molecule has 1 aromatic carbocycles. The Labute approximate surface area is 161 Å². The Kier molecular flexibility index (Phi) is 5.06. The van der Waals surface area contributed by atoms with Gasteiger partial charge >= 0.3 is 6.03 Å². The number of nitrogens with one attached hydrogen (secondary N) is 1. The van der Waals surface area contributed by atoms with E-state index in [0.717, 1.165) is 0 Å². The summed E-state index contributed by atoms with van der Waals surface area (Å²) >= 11 is 6.27. The molecule has 9 heteroatoms. The summed E-state index contributed by atoms with van der Waals surface area (Å²) in [5.74, 6) is -0.679. The number of benzene rings is 1. The second-order valence-corrected chi connectivity index (χ2v) is 6.80. The molecule has 0 saturated carbocycles. The Morgan fingerprint density at radius 3 is 2.78 bits per heavy atom. The molecular formula is C18H18ClN5O3. The fourth-order valence-corrected chi connectivity index (χ4v) is 3.42. The van der Waals surface area contributed by atoms with Gasteiger partial charge in [-0.2, -0.15) is 5.26 Å². The summed E-state index contributed by atoms with van der Waals surface area (Å²) in [6.45, 7) is -0.0807. The third-order valence-corrected chi connectivity index (χ3v) is 5.06. The van der Waals surface area contributed by atoms with Crippen LogP contribution < -0.4 is 5.32 Å². The van der Waals surface area contributed by atoms with Crippen LogP contribution in [0.2, 0.25) is 5.02 Å². The van der Waals surface area contributed by atoms with Gasteiger partial charge in [0.15, 0.2) is 0 Å². The molecule has 1 aromatic rings. The number of hydrogen-bond donors (Lipinski definition) is 1. The van der Waals surface area contributed by atoms with Gasteiger partial charge in [0, 0.05) is 19.1 Å². The zero-order valence-electron chi connectivity index (χ0n) is 14.9. The normalized spacial score (nSPS) is 19.0. The summed E-state index contributed by atoms with van der Waals surface area (Å²) < 4.78 is 0. The fourth-order valence-electron chi connectivity index (χ4n) is 3.17. The maximum absolute atomic E-state index is 13.0. The molecule has 2 aliphatic rings. The van der Waals surface area contributed by atoms with Crippen molar-refractivity contribution in [2.24, 2.45) is 0 Å². The lowest BCUT2D eigenvalue weighted by Crippen LogP contribution is -2.45. The lowest BCUT2D eigenvalue weighted by molar-refractivity contribution is -0.136. The number of carbonyl (C=O) groups excluding carboxylic acids is 3. The Bertz CT molecular complexity index is 891. The second kappa shape index (κ2) is 7.29. The van der Waals surface area contributed by atoms with Gasteiger partial charge in [-0.05, 0) is 11.6 Å². The number of carbonyl (C=O) groups is 3. The SMILES string of the molecule is CN(CC#N)C(=O)CN1CC2=C(C1=O)C(c1ccccc1Cl)NC(=O)N2C. The van der Waals surface area contributed by atoms with Gasteiger partial charge in [0.2, 0.25) is 5.91 Å². The maximum atomic E-state index is 13.0. The van der Waals surface area contributed by atoms with Crippen LogP contribution in [0.4, 0.5) is 4.79 Å². The van der Waals surface area contributed by atoms with Gasteiger partial charge in [-0.1, -0.05) is 29.8 Å². The van der Waals surface area contributed by atoms with E-state index in [-0.39, 0.29) is 37.5 Å². The number of amides is 4. The van der Waals surface area contributed by atoms with E-state index in [1.54, 1.807) is 31.3 Å². The Hall–Kier alpha value is -3.05. The van der Waals surface area contributed by atoms with E-state index in [0.29, 0.717) is 21.9 Å². The molecule has 2 heterocycles. The van der Waals surface area contributed by atoms with Crippen LogP contribution in [0.1, 0.15) is 11.6 Å². The molecule has 0 aliphatic carbocycles. The number of nitriles is 1. The molecule has 27 heavy (non-hydrogen) atoms. The number of nitrogens with zero attached hydrogens (tertiary/aromatic N) is 4. The average molecular weight is 388 g/mol. The van der Waals surface area contributed by atoms with Crippen molar-refractivity contribution in [1.82, 2.24) is 20.0 Å². The van der Waals surface area contributed by atoms with Crippen molar-refractivity contribution in [1.29, 1.82) is 5.26 Å². The van der Waals surface area contributed by atoms with Crippen LogP contribution in [0.15, 0.2) is 35.5 Å². The molecule has 2 aliphatic heterocycles. The van der Waals surface area contributed by atoms with E-state index < -0.39 is 6.04 Å². The third-order valence-electron chi connectivity index (χ3n) is 4.71. The fraction of sp³-hybridized carbons (Fsp3) is 0.333. The monoisotopic (exact) mass is 387 g/mol. The highest BCUT2D eigenvalue weighted by Crippen LogP contribution is 2.37. The van der Waals surface area contributed by atoms with Gasteiger partial charge in [0.05, 0.1) is 29.9 Å². The molecule has 1 N–H and O–H groups in total. The van der Waals surface area contributed by atoms with Crippen LogP contribution in [0.5, 0.6) is 0 Å². The molecule has 0 saturated heterocycles. The first-order valence-electron chi connectivity index (χ1n) is 8.27. The molecule has 0 aromatic heterocycles. The highest BCUT2D eigenvalue weighted by Gasteiger charge is 2.43. The Balaban J connectivity index is 1.91. The van der Waals surface area contributed by atoms with E-state index in [2.05, 4.69) is 5.32 Å². The van der Waals surface area contributed by atoms with Gasteiger partial charge in [-0.15, -0.1) is 0 Å². The second-order valence-electron chi connectivity index (χ2n) is 6.39. The van der Waals surface area contributed by atoms with Crippen LogP contribution >= 0.6 is 11.6 Å². The molecule has 0 spiro atoms. The van der Waals surface area contributed by atoms with Crippen molar-refractivity contribution in [2.75, 3.05) is 33.7 Å². The van der Waals surface area contributed by atoms with Crippen LogP contribution in [-0.2, 0) is 9.59 Å². The number of likely N-dealkylation sites (N-methyl/N-ethyl adjacent to an activating group) is 2. The highest BCUT2D eigenvalue weighted by molar-refractivity contribution is 6.31. The summed E-state index contributed by atoms with van der Waals surface area (Å²) in [4.78, 5) is 41.6. The highest BCUT2D eigenvalue weighted by atomic mass is 35.5. The molecule has 1 unspecified atom stereocenters. The molecule has 140 valence electrons. The largest absolute Gasteiger partial charge is 0.331 e.